The Bertz CT molecular complexity index is 748. The van der Waals surface area contributed by atoms with Crippen LogP contribution in [0.1, 0.15) is 29.9 Å². The van der Waals surface area contributed by atoms with Gasteiger partial charge in [0.15, 0.2) is 0 Å². The fourth-order valence-electron chi connectivity index (χ4n) is 4.36. The van der Waals surface area contributed by atoms with Crippen LogP contribution in [0.25, 0.3) is 0 Å². The molecule has 2 aliphatic rings. The van der Waals surface area contributed by atoms with E-state index in [2.05, 4.69) is 41.7 Å². The molecule has 2 aliphatic heterocycles. The molecule has 2 aromatic rings. The molecule has 3 nitrogen and oxygen atoms in total. The Balaban J connectivity index is 1.72. The van der Waals surface area contributed by atoms with Gasteiger partial charge in [-0.1, -0.05) is 0 Å². The van der Waals surface area contributed by atoms with E-state index in [1.54, 1.807) is 0 Å². The molecule has 1 radical (unpaired) electrons. The second kappa shape index (κ2) is 6.38. The van der Waals surface area contributed by atoms with Crippen molar-refractivity contribution in [2.24, 2.45) is 0 Å². The molecule has 3 atom stereocenters. The second-order valence-electron chi connectivity index (χ2n) is 6.84. The van der Waals surface area contributed by atoms with E-state index < -0.39 is 5.97 Å². The van der Waals surface area contributed by atoms with Crippen LogP contribution in [0, 0.1) is 0 Å². The molecule has 2 heterocycles. The van der Waals surface area contributed by atoms with Gasteiger partial charge < -0.3 is 0 Å². The number of hydrogen-bond acceptors (Lipinski definition) is 2. The molecule has 0 amide bonds. The summed E-state index contributed by atoms with van der Waals surface area (Å²) < 4.78 is 1.94. The average Bonchev–Trinajstić information content (AvgIpc) is 2.96. The van der Waals surface area contributed by atoms with Gasteiger partial charge in [0, 0.05) is 0 Å². The third kappa shape index (κ3) is 2.81. The molecule has 0 spiro atoms. The Hall–Kier alpha value is -1.57. The van der Waals surface area contributed by atoms with Gasteiger partial charge in [-0.2, -0.15) is 0 Å². The number of aliphatic carboxylic acids is 1. The quantitative estimate of drug-likeness (QED) is 0.799. The van der Waals surface area contributed by atoms with Crippen molar-refractivity contribution in [2.75, 3.05) is 6.54 Å². The van der Waals surface area contributed by atoms with E-state index >= 15 is 0 Å². The Morgan fingerprint density at radius 1 is 1.17 bits per heavy atom. The van der Waals surface area contributed by atoms with Crippen molar-refractivity contribution in [3.05, 3.63) is 65.7 Å². The molecular formula is C20H21AsNO2. The first-order valence-corrected chi connectivity index (χ1v) is 10.5. The van der Waals surface area contributed by atoms with Crippen molar-refractivity contribution in [3.63, 3.8) is 0 Å². The number of piperidine rings is 1. The SMILES string of the molecule is O=C(O)CC1(Cc2ccccc2)NCCC2c3ccccc3[As]C21. The number of benzene rings is 2. The van der Waals surface area contributed by atoms with Gasteiger partial charge in [0.1, 0.15) is 0 Å². The Kier molecular flexibility index (Phi) is 4.24. The fraction of sp³-hybridized carbons (Fsp3) is 0.350. The van der Waals surface area contributed by atoms with Crippen LogP contribution in [0.4, 0.5) is 0 Å². The second-order valence-corrected chi connectivity index (χ2v) is 9.56. The summed E-state index contributed by atoms with van der Waals surface area (Å²) in [4.78, 5) is 11.7. The van der Waals surface area contributed by atoms with E-state index in [1.807, 2.05) is 18.2 Å². The molecule has 123 valence electrons. The minimum absolute atomic E-state index is 0.0125. The van der Waals surface area contributed by atoms with E-state index in [4.69, 9.17) is 0 Å². The Labute approximate surface area is 149 Å². The molecule has 3 unspecified atom stereocenters. The monoisotopic (exact) mass is 382 g/mol. The minimum atomic E-state index is -0.698. The summed E-state index contributed by atoms with van der Waals surface area (Å²) in [5.74, 6) is -0.179. The molecule has 4 rings (SSSR count). The fourth-order valence-corrected chi connectivity index (χ4v) is 8.29. The summed E-state index contributed by atoms with van der Waals surface area (Å²) in [6, 6.07) is 19.1. The summed E-state index contributed by atoms with van der Waals surface area (Å²) >= 11 is -0.0125. The van der Waals surface area contributed by atoms with Gasteiger partial charge in [-0.05, 0) is 0 Å². The molecule has 0 bridgehead atoms. The molecule has 24 heavy (non-hydrogen) atoms. The number of fused-ring (bicyclic) bond motifs is 3. The van der Waals surface area contributed by atoms with Crippen molar-refractivity contribution in [2.45, 2.75) is 35.4 Å². The normalized spacial score (nSPS) is 29.2. The molecular weight excluding hydrogens is 361 g/mol. The van der Waals surface area contributed by atoms with Crippen LogP contribution in [-0.4, -0.2) is 38.9 Å². The van der Waals surface area contributed by atoms with Crippen molar-refractivity contribution < 1.29 is 9.90 Å². The predicted molar refractivity (Wildman–Crippen MR) is 96.1 cm³/mol. The number of carbonyl (C=O) groups is 1. The van der Waals surface area contributed by atoms with E-state index in [-0.39, 0.29) is 27.7 Å². The van der Waals surface area contributed by atoms with Crippen LogP contribution in [0.2, 0.25) is 4.71 Å². The number of carboxylic acids is 1. The molecule has 0 aromatic heterocycles. The van der Waals surface area contributed by atoms with Crippen LogP contribution >= 0.6 is 0 Å². The Morgan fingerprint density at radius 3 is 2.71 bits per heavy atom. The molecule has 4 heteroatoms. The van der Waals surface area contributed by atoms with Crippen molar-refractivity contribution in [1.82, 2.24) is 5.32 Å². The number of hydrogen-bond donors (Lipinski definition) is 2. The van der Waals surface area contributed by atoms with Gasteiger partial charge >= 0.3 is 149 Å². The van der Waals surface area contributed by atoms with E-state index in [0.29, 0.717) is 10.6 Å². The van der Waals surface area contributed by atoms with Crippen LogP contribution in [0.3, 0.4) is 0 Å². The van der Waals surface area contributed by atoms with Gasteiger partial charge in [0.25, 0.3) is 0 Å². The van der Waals surface area contributed by atoms with Gasteiger partial charge in [0.05, 0.1) is 0 Å². The summed E-state index contributed by atoms with van der Waals surface area (Å²) in [7, 11) is 0. The van der Waals surface area contributed by atoms with Crippen molar-refractivity contribution in [1.29, 1.82) is 0 Å². The average molecular weight is 382 g/mol. The van der Waals surface area contributed by atoms with Gasteiger partial charge in [-0.25, -0.2) is 0 Å². The maximum atomic E-state index is 11.7. The molecule has 2 N–H and O–H groups in total. The summed E-state index contributed by atoms with van der Waals surface area (Å²) in [6.07, 6.45) is 2.12. The van der Waals surface area contributed by atoms with E-state index in [9.17, 15) is 9.90 Å². The van der Waals surface area contributed by atoms with Gasteiger partial charge in [-0.3, -0.25) is 0 Å². The molecule has 0 aliphatic carbocycles. The molecule has 0 saturated carbocycles. The number of rotatable bonds is 4. The van der Waals surface area contributed by atoms with Gasteiger partial charge in [-0.15, -0.1) is 0 Å². The summed E-state index contributed by atoms with van der Waals surface area (Å²) in [5, 5.41) is 13.3. The number of nitrogens with one attached hydrogen (secondary N) is 1. The van der Waals surface area contributed by atoms with Crippen LogP contribution in [-0.2, 0) is 11.2 Å². The first kappa shape index (κ1) is 15.9. The Morgan fingerprint density at radius 2 is 1.92 bits per heavy atom. The van der Waals surface area contributed by atoms with Crippen LogP contribution in [0.15, 0.2) is 54.6 Å². The summed E-state index contributed by atoms with van der Waals surface area (Å²) in [6.45, 7) is 0.900. The standard InChI is InChI=1S/C20H21AsNO2/c23-18(24)13-20(12-14-6-2-1-3-7-14)19-16(10-11-22-20)15-8-4-5-9-17(15)21-19/h1-9,16,19,22H,10-13H2,(H,23,24). The first-order valence-electron chi connectivity index (χ1n) is 8.48. The molecule has 2 aromatic carbocycles. The zero-order valence-corrected chi connectivity index (χ0v) is 15.4. The van der Waals surface area contributed by atoms with E-state index in [1.165, 1.54) is 15.5 Å². The summed E-state index contributed by atoms with van der Waals surface area (Å²) in [5.41, 5.74) is 2.38. The van der Waals surface area contributed by atoms with Crippen LogP contribution < -0.4 is 9.67 Å². The molecule has 1 fully saturated rings. The van der Waals surface area contributed by atoms with E-state index in [0.717, 1.165) is 19.4 Å². The maximum absolute atomic E-state index is 11.7. The first-order chi connectivity index (χ1) is 11.7. The third-order valence-electron chi connectivity index (χ3n) is 5.32. The zero-order valence-electron chi connectivity index (χ0n) is 13.5. The predicted octanol–water partition coefficient (Wildman–Crippen LogP) is 2.35. The topological polar surface area (TPSA) is 49.3 Å². The van der Waals surface area contributed by atoms with Crippen LogP contribution in [0.5, 0.6) is 0 Å². The third-order valence-corrected chi connectivity index (χ3v) is 9.14. The molecule has 1 saturated heterocycles. The van der Waals surface area contributed by atoms with Crippen molar-refractivity contribution >= 4 is 26.1 Å². The zero-order chi connectivity index (χ0) is 16.6. The van der Waals surface area contributed by atoms with Gasteiger partial charge in [0.2, 0.25) is 0 Å². The van der Waals surface area contributed by atoms with Crippen molar-refractivity contribution in [3.8, 4) is 0 Å². The number of carboxylic acid groups (broad SMARTS) is 1.